The van der Waals surface area contributed by atoms with Crippen LogP contribution >= 0.6 is 0 Å². The molecule has 2 N–H and O–H groups in total. The van der Waals surface area contributed by atoms with Crippen molar-refractivity contribution in [1.29, 1.82) is 0 Å². The van der Waals surface area contributed by atoms with Gasteiger partial charge in [0.25, 0.3) is 0 Å². The minimum Gasteiger partial charge on any atom is -0.327 e. The second-order valence-corrected chi connectivity index (χ2v) is 3.79. The zero-order chi connectivity index (χ0) is 7.19. The van der Waals surface area contributed by atoms with E-state index in [0.29, 0.717) is 11.5 Å². The third-order valence-electron chi connectivity index (χ3n) is 3.16. The largest absolute Gasteiger partial charge is 0.327 e. The van der Waals surface area contributed by atoms with Crippen molar-refractivity contribution >= 4 is 0 Å². The summed E-state index contributed by atoms with van der Waals surface area (Å²) in [4.78, 5) is 2.51. The maximum Gasteiger partial charge on any atom is 0.0115 e. The van der Waals surface area contributed by atoms with Crippen LogP contribution in [0.3, 0.4) is 0 Å². The lowest BCUT2D eigenvalue weighted by atomic mass is 10.1. The zero-order valence-corrected chi connectivity index (χ0v) is 6.64. The third kappa shape index (κ3) is 0.789. The molecule has 0 aromatic heterocycles. The van der Waals surface area contributed by atoms with Crippen molar-refractivity contribution in [3.63, 3.8) is 0 Å². The van der Waals surface area contributed by atoms with E-state index in [0.717, 1.165) is 0 Å². The van der Waals surface area contributed by atoms with E-state index in [2.05, 4.69) is 11.8 Å². The lowest BCUT2D eigenvalue weighted by Crippen LogP contribution is -2.22. The minimum absolute atomic E-state index is 0.532. The minimum atomic E-state index is 0.532. The van der Waals surface area contributed by atoms with Crippen molar-refractivity contribution in [2.24, 2.45) is 11.1 Å². The molecule has 2 nitrogen and oxygen atoms in total. The van der Waals surface area contributed by atoms with Gasteiger partial charge in [-0.15, -0.1) is 0 Å². The Balaban J connectivity index is 1.95. The Kier molecular flexibility index (Phi) is 1.29. The maximum atomic E-state index is 5.85. The SMILES string of the molecule is CCN1CC[C@]2(C[C@@H]2N)C1. The van der Waals surface area contributed by atoms with Crippen molar-refractivity contribution in [2.75, 3.05) is 19.6 Å². The van der Waals surface area contributed by atoms with Gasteiger partial charge in [0.2, 0.25) is 0 Å². The van der Waals surface area contributed by atoms with Crippen molar-refractivity contribution in [3.8, 4) is 0 Å². The fourth-order valence-electron chi connectivity index (χ4n) is 2.10. The number of rotatable bonds is 1. The number of nitrogens with zero attached hydrogens (tertiary/aromatic N) is 1. The molecule has 1 spiro atoms. The van der Waals surface area contributed by atoms with Gasteiger partial charge in [-0.05, 0) is 25.9 Å². The highest BCUT2D eigenvalue weighted by Crippen LogP contribution is 2.51. The molecule has 58 valence electrons. The highest BCUT2D eigenvalue weighted by molar-refractivity contribution is 5.10. The summed E-state index contributed by atoms with van der Waals surface area (Å²) in [6.45, 7) is 5.98. The fourth-order valence-corrected chi connectivity index (χ4v) is 2.10. The van der Waals surface area contributed by atoms with Crippen LogP contribution in [-0.2, 0) is 0 Å². The lowest BCUT2D eigenvalue weighted by molar-refractivity contribution is 0.335. The van der Waals surface area contributed by atoms with Crippen molar-refractivity contribution in [2.45, 2.75) is 25.8 Å². The molecule has 1 aliphatic heterocycles. The molecule has 2 aliphatic rings. The van der Waals surface area contributed by atoms with Crippen LogP contribution in [0.4, 0.5) is 0 Å². The highest BCUT2D eigenvalue weighted by atomic mass is 15.2. The molecule has 0 aromatic rings. The Hall–Kier alpha value is -0.0800. The van der Waals surface area contributed by atoms with Crippen LogP contribution in [0, 0.1) is 5.41 Å². The number of hydrogen-bond acceptors (Lipinski definition) is 2. The van der Waals surface area contributed by atoms with Gasteiger partial charge in [-0.3, -0.25) is 0 Å². The zero-order valence-electron chi connectivity index (χ0n) is 6.64. The smallest absolute Gasteiger partial charge is 0.0115 e. The number of nitrogens with two attached hydrogens (primary N) is 1. The maximum absolute atomic E-state index is 5.85. The van der Waals surface area contributed by atoms with E-state index in [-0.39, 0.29) is 0 Å². The summed E-state index contributed by atoms with van der Waals surface area (Å²) in [5.74, 6) is 0. The van der Waals surface area contributed by atoms with E-state index in [1.807, 2.05) is 0 Å². The summed E-state index contributed by atoms with van der Waals surface area (Å²) in [6, 6.07) is 0.532. The van der Waals surface area contributed by atoms with Gasteiger partial charge in [0.15, 0.2) is 0 Å². The van der Waals surface area contributed by atoms with Crippen LogP contribution in [0.1, 0.15) is 19.8 Å². The second-order valence-electron chi connectivity index (χ2n) is 3.79. The average molecular weight is 140 g/mol. The second kappa shape index (κ2) is 1.95. The van der Waals surface area contributed by atoms with Crippen LogP contribution < -0.4 is 5.73 Å². The van der Waals surface area contributed by atoms with E-state index >= 15 is 0 Å². The number of hydrogen-bond donors (Lipinski definition) is 1. The van der Waals surface area contributed by atoms with Gasteiger partial charge in [0.1, 0.15) is 0 Å². The first-order chi connectivity index (χ1) is 4.77. The summed E-state index contributed by atoms with van der Waals surface area (Å²) in [7, 11) is 0. The molecule has 1 saturated heterocycles. The Morgan fingerprint density at radius 2 is 2.40 bits per heavy atom. The van der Waals surface area contributed by atoms with Crippen LogP contribution in [0.25, 0.3) is 0 Å². The van der Waals surface area contributed by atoms with Crippen LogP contribution in [-0.4, -0.2) is 30.6 Å². The van der Waals surface area contributed by atoms with Crippen LogP contribution in [0.5, 0.6) is 0 Å². The van der Waals surface area contributed by atoms with E-state index in [9.17, 15) is 0 Å². The fraction of sp³-hybridized carbons (Fsp3) is 1.00. The highest BCUT2D eigenvalue weighted by Gasteiger charge is 2.54. The third-order valence-corrected chi connectivity index (χ3v) is 3.16. The Morgan fingerprint density at radius 3 is 2.70 bits per heavy atom. The van der Waals surface area contributed by atoms with Gasteiger partial charge in [0.05, 0.1) is 0 Å². The standard InChI is InChI=1S/C8H16N2/c1-2-10-4-3-8(6-10)5-7(8)9/h7H,2-6,9H2,1H3/t7-,8-/m0/s1. The van der Waals surface area contributed by atoms with Gasteiger partial charge in [-0.1, -0.05) is 6.92 Å². The molecule has 2 fully saturated rings. The van der Waals surface area contributed by atoms with Gasteiger partial charge in [-0.25, -0.2) is 0 Å². The molecular formula is C8H16N2. The van der Waals surface area contributed by atoms with Gasteiger partial charge in [-0.2, -0.15) is 0 Å². The quantitative estimate of drug-likeness (QED) is 0.572. The monoisotopic (exact) mass is 140 g/mol. The summed E-state index contributed by atoms with van der Waals surface area (Å²) < 4.78 is 0. The summed E-state index contributed by atoms with van der Waals surface area (Å²) in [6.07, 6.45) is 2.63. The van der Waals surface area contributed by atoms with Crippen molar-refractivity contribution in [3.05, 3.63) is 0 Å². The molecule has 0 unspecified atom stereocenters. The van der Waals surface area contributed by atoms with Gasteiger partial charge >= 0.3 is 0 Å². The molecule has 0 bridgehead atoms. The van der Waals surface area contributed by atoms with E-state index < -0.39 is 0 Å². The molecule has 0 aromatic carbocycles. The Morgan fingerprint density at radius 1 is 1.70 bits per heavy atom. The van der Waals surface area contributed by atoms with Crippen LogP contribution in [0.15, 0.2) is 0 Å². The average Bonchev–Trinajstić information content (AvgIpc) is 2.43. The van der Waals surface area contributed by atoms with Crippen molar-refractivity contribution < 1.29 is 0 Å². The molecule has 10 heavy (non-hydrogen) atoms. The molecule has 0 radical (unpaired) electrons. The molecule has 1 saturated carbocycles. The van der Waals surface area contributed by atoms with E-state index in [1.54, 1.807) is 0 Å². The molecular weight excluding hydrogens is 124 g/mol. The summed E-state index contributed by atoms with van der Waals surface area (Å²) in [5.41, 5.74) is 6.43. The first-order valence-electron chi connectivity index (χ1n) is 4.25. The molecule has 1 aliphatic carbocycles. The predicted molar refractivity (Wildman–Crippen MR) is 41.8 cm³/mol. The summed E-state index contributed by atoms with van der Waals surface area (Å²) >= 11 is 0. The Labute approximate surface area is 62.4 Å². The lowest BCUT2D eigenvalue weighted by Gasteiger charge is -2.11. The molecule has 1 heterocycles. The molecule has 0 amide bonds. The van der Waals surface area contributed by atoms with E-state index in [1.165, 1.54) is 32.5 Å². The first kappa shape index (κ1) is 6.62. The number of likely N-dealkylation sites (tertiary alicyclic amines) is 1. The summed E-state index contributed by atoms with van der Waals surface area (Å²) in [5, 5.41) is 0. The Bertz CT molecular complexity index is 146. The van der Waals surface area contributed by atoms with Crippen LogP contribution in [0.2, 0.25) is 0 Å². The normalized spacial score (nSPS) is 46.8. The van der Waals surface area contributed by atoms with Crippen molar-refractivity contribution in [1.82, 2.24) is 4.90 Å². The van der Waals surface area contributed by atoms with E-state index in [4.69, 9.17) is 5.73 Å². The molecule has 2 heteroatoms. The molecule has 2 atom stereocenters. The molecule has 2 rings (SSSR count). The van der Waals surface area contributed by atoms with Gasteiger partial charge < -0.3 is 10.6 Å². The van der Waals surface area contributed by atoms with Gasteiger partial charge in [0, 0.05) is 18.0 Å². The predicted octanol–water partition coefficient (Wildman–Crippen LogP) is 0.429. The first-order valence-corrected chi connectivity index (χ1v) is 4.25. The topological polar surface area (TPSA) is 29.3 Å².